The van der Waals surface area contributed by atoms with Gasteiger partial charge in [-0.1, -0.05) is 0 Å². The summed E-state index contributed by atoms with van der Waals surface area (Å²) in [5, 5.41) is 8.75. The number of nitrogens with two attached hydrogens (primary N) is 1. The third-order valence-corrected chi connectivity index (χ3v) is 2.22. The molecule has 0 saturated carbocycles. The predicted octanol–water partition coefficient (Wildman–Crippen LogP) is -0.248. The van der Waals surface area contributed by atoms with Crippen LogP contribution in [0.1, 0.15) is 23.5 Å². The maximum atomic E-state index is 10.7. The fourth-order valence-electron chi connectivity index (χ4n) is 1.53. The summed E-state index contributed by atoms with van der Waals surface area (Å²) in [5.74, 6) is -1.18. The molecule has 1 saturated heterocycles. The van der Waals surface area contributed by atoms with Gasteiger partial charge in [-0.3, -0.25) is 0 Å². The van der Waals surface area contributed by atoms with E-state index >= 15 is 0 Å². The molecule has 0 radical (unpaired) electrons. The summed E-state index contributed by atoms with van der Waals surface area (Å²) < 4.78 is 0. The maximum Gasteiger partial charge on any atom is 0.374 e. The number of aromatic nitrogens is 3. The lowest BCUT2D eigenvalue weighted by molar-refractivity contribution is 0.0683. The van der Waals surface area contributed by atoms with Crippen LogP contribution in [0, 0.1) is 0 Å². The van der Waals surface area contributed by atoms with Gasteiger partial charge >= 0.3 is 5.97 Å². The van der Waals surface area contributed by atoms with Crippen LogP contribution in [-0.4, -0.2) is 39.1 Å². The predicted molar refractivity (Wildman–Crippen MR) is 52.6 cm³/mol. The summed E-state index contributed by atoms with van der Waals surface area (Å²) in [6.45, 7) is 1.67. The summed E-state index contributed by atoms with van der Waals surface area (Å²) in [7, 11) is 0. The summed E-state index contributed by atoms with van der Waals surface area (Å²) in [4.78, 5) is 23.9. The molecule has 7 heteroatoms. The lowest BCUT2D eigenvalue weighted by Gasteiger charge is -2.14. The Labute approximate surface area is 86.0 Å². The van der Waals surface area contributed by atoms with Crippen molar-refractivity contribution in [1.29, 1.82) is 0 Å². The van der Waals surface area contributed by atoms with E-state index in [-0.39, 0.29) is 11.8 Å². The van der Waals surface area contributed by atoms with Crippen LogP contribution in [-0.2, 0) is 0 Å². The molecular formula is C8H11N5O2. The van der Waals surface area contributed by atoms with E-state index < -0.39 is 5.97 Å². The van der Waals surface area contributed by atoms with Gasteiger partial charge in [-0.2, -0.15) is 15.0 Å². The van der Waals surface area contributed by atoms with Gasteiger partial charge in [0.15, 0.2) is 0 Å². The van der Waals surface area contributed by atoms with Crippen molar-refractivity contribution in [2.45, 2.75) is 12.8 Å². The minimum absolute atomic E-state index is 0.0516. The van der Waals surface area contributed by atoms with Gasteiger partial charge in [-0.25, -0.2) is 4.79 Å². The quantitative estimate of drug-likeness (QED) is 0.691. The van der Waals surface area contributed by atoms with E-state index in [4.69, 9.17) is 10.8 Å². The number of rotatable bonds is 2. The van der Waals surface area contributed by atoms with Crippen LogP contribution in [0.3, 0.4) is 0 Å². The van der Waals surface area contributed by atoms with Gasteiger partial charge in [0.05, 0.1) is 0 Å². The van der Waals surface area contributed by atoms with Crippen LogP contribution in [0.15, 0.2) is 0 Å². The van der Waals surface area contributed by atoms with Crippen LogP contribution in [0.5, 0.6) is 0 Å². The van der Waals surface area contributed by atoms with Gasteiger partial charge in [-0.05, 0) is 12.8 Å². The number of aromatic carboxylic acids is 1. The zero-order valence-corrected chi connectivity index (χ0v) is 8.05. The maximum absolute atomic E-state index is 10.7. The molecule has 2 rings (SSSR count). The van der Waals surface area contributed by atoms with Crippen molar-refractivity contribution in [3.8, 4) is 0 Å². The first-order valence-corrected chi connectivity index (χ1v) is 4.66. The zero-order valence-electron chi connectivity index (χ0n) is 8.05. The van der Waals surface area contributed by atoms with Crippen molar-refractivity contribution in [1.82, 2.24) is 15.0 Å². The highest BCUT2D eigenvalue weighted by Gasteiger charge is 2.18. The fraction of sp³-hybridized carbons (Fsp3) is 0.500. The summed E-state index contributed by atoms with van der Waals surface area (Å²) in [6, 6.07) is 0. The largest absolute Gasteiger partial charge is 0.475 e. The van der Waals surface area contributed by atoms with Crippen molar-refractivity contribution in [2.24, 2.45) is 0 Å². The monoisotopic (exact) mass is 209 g/mol. The number of carboxylic acid groups (broad SMARTS) is 1. The molecule has 0 unspecified atom stereocenters. The Bertz CT molecular complexity index is 389. The average molecular weight is 209 g/mol. The zero-order chi connectivity index (χ0) is 10.8. The van der Waals surface area contributed by atoms with E-state index in [1.165, 1.54) is 0 Å². The third-order valence-electron chi connectivity index (χ3n) is 2.22. The smallest absolute Gasteiger partial charge is 0.374 e. The number of nitrogen functional groups attached to an aromatic ring is 1. The molecule has 1 aromatic heterocycles. The van der Waals surface area contributed by atoms with Gasteiger partial charge in [0.2, 0.25) is 17.7 Å². The second-order valence-electron chi connectivity index (χ2n) is 3.32. The number of carboxylic acids is 1. The van der Waals surface area contributed by atoms with E-state index in [0.29, 0.717) is 5.95 Å². The van der Waals surface area contributed by atoms with Crippen molar-refractivity contribution in [3.63, 3.8) is 0 Å². The van der Waals surface area contributed by atoms with Crippen LogP contribution in [0.4, 0.5) is 11.9 Å². The molecule has 0 bridgehead atoms. The number of carbonyl (C=O) groups is 1. The fourth-order valence-corrected chi connectivity index (χ4v) is 1.53. The molecule has 1 fully saturated rings. The van der Waals surface area contributed by atoms with Crippen LogP contribution < -0.4 is 10.6 Å². The van der Waals surface area contributed by atoms with Crippen LogP contribution in [0.25, 0.3) is 0 Å². The average Bonchev–Trinajstić information content (AvgIpc) is 2.69. The molecule has 0 atom stereocenters. The minimum atomic E-state index is -1.19. The highest BCUT2D eigenvalue weighted by Crippen LogP contribution is 2.15. The number of nitrogens with zero attached hydrogens (tertiary/aromatic N) is 4. The van der Waals surface area contributed by atoms with Crippen molar-refractivity contribution in [2.75, 3.05) is 23.7 Å². The third kappa shape index (κ3) is 1.95. The topological polar surface area (TPSA) is 105 Å². The SMILES string of the molecule is Nc1nc(C(=O)O)nc(N2CCCC2)n1. The molecule has 80 valence electrons. The Morgan fingerprint density at radius 2 is 1.93 bits per heavy atom. The Hall–Kier alpha value is -1.92. The highest BCUT2D eigenvalue weighted by molar-refractivity contribution is 5.83. The first kappa shape index (κ1) is 9.63. The molecule has 7 nitrogen and oxygen atoms in total. The van der Waals surface area contributed by atoms with Gasteiger partial charge < -0.3 is 15.7 Å². The molecule has 0 amide bonds. The lowest BCUT2D eigenvalue weighted by atomic mass is 10.4. The lowest BCUT2D eigenvalue weighted by Crippen LogP contribution is -2.23. The van der Waals surface area contributed by atoms with Crippen LogP contribution >= 0.6 is 0 Å². The molecule has 0 aliphatic carbocycles. The molecule has 15 heavy (non-hydrogen) atoms. The summed E-state index contributed by atoms with van der Waals surface area (Å²) in [6.07, 6.45) is 2.13. The summed E-state index contributed by atoms with van der Waals surface area (Å²) >= 11 is 0. The van der Waals surface area contributed by atoms with Crippen LogP contribution in [0.2, 0.25) is 0 Å². The van der Waals surface area contributed by atoms with Crippen molar-refractivity contribution >= 4 is 17.9 Å². The molecule has 0 spiro atoms. The normalized spacial score (nSPS) is 15.6. The molecular weight excluding hydrogens is 198 g/mol. The van der Waals surface area contributed by atoms with Gasteiger partial charge in [0.25, 0.3) is 0 Å². The molecule has 2 heterocycles. The Balaban J connectivity index is 2.34. The minimum Gasteiger partial charge on any atom is -0.475 e. The van der Waals surface area contributed by atoms with E-state index in [1.807, 2.05) is 4.90 Å². The molecule has 1 aromatic rings. The van der Waals surface area contributed by atoms with Gasteiger partial charge in [-0.15, -0.1) is 0 Å². The van der Waals surface area contributed by atoms with E-state index in [9.17, 15) is 4.79 Å². The van der Waals surface area contributed by atoms with Gasteiger partial charge in [0.1, 0.15) is 0 Å². The van der Waals surface area contributed by atoms with Gasteiger partial charge in [0, 0.05) is 13.1 Å². The number of hydrogen-bond donors (Lipinski definition) is 2. The first-order chi connectivity index (χ1) is 7.16. The van der Waals surface area contributed by atoms with Crippen molar-refractivity contribution < 1.29 is 9.90 Å². The molecule has 0 aromatic carbocycles. The standard InChI is InChI=1S/C8H11N5O2/c9-7-10-5(6(14)15)11-8(12-7)13-3-1-2-4-13/h1-4H2,(H,14,15)(H2,9,10,11,12). The molecule has 1 aliphatic rings. The second-order valence-corrected chi connectivity index (χ2v) is 3.32. The van der Waals surface area contributed by atoms with E-state index in [1.54, 1.807) is 0 Å². The molecule has 3 N–H and O–H groups in total. The Morgan fingerprint density at radius 3 is 2.53 bits per heavy atom. The van der Waals surface area contributed by atoms with E-state index in [2.05, 4.69) is 15.0 Å². The second kappa shape index (κ2) is 3.68. The Kier molecular flexibility index (Phi) is 2.36. The number of anilines is 2. The van der Waals surface area contributed by atoms with Crippen molar-refractivity contribution in [3.05, 3.63) is 5.82 Å². The summed E-state index contributed by atoms with van der Waals surface area (Å²) in [5.41, 5.74) is 5.41. The first-order valence-electron chi connectivity index (χ1n) is 4.66. The highest BCUT2D eigenvalue weighted by atomic mass is 16.4. The number of hydrogen-bond acceptors (Lipinski definition) is 6. The Morgan fingerprint density at radius 1 is 1.27 bits per heavy atom. The van der Waals surface area contributed by atoms with E-state index in [0.717, 1.165) is 25.9 Å². The molecule has 1 aliphatic heterocycles.